The van der Waals surface area contributed by atoms with E-state index in [0.717, 1.165) is 32.1 Å². The van der Waals surface area contributed by atoms with E-state index in [1.807, 2.05) is 4.90 Å². The summed E-state index contributed by atoms with van der Waals surface area (Å²) in [5, 5.41) is 9.17. The van der Waals surface area contributed by atoms with Crippen molar-refractivity contribution in [2.45, 2.75) is 52.0 Å². The fraction of sp³-hybridized carbons (Fsp3) is 0.929. The molecule has 0 saturated heterocycles. The molecule has 18 heavy (non-hydrogen) atoms. The number of carbonyl (C=O) groups is 1. The predicted molar refractivity (Wildman–Crippen MR) is 73.1 cm³/mol. The number of rotatable bonds is 7. The molecule has 4 nitrogen and oxygen atoms in total. The standard InChI is InChI=1S/C14H28N2O2/c1-3-12(4-2)16(8-9-17)14(18)13-7-5-6-11(13)10-15/h11-13,17H,3-10,15H2,1-2H3. The molecule has 1 aliphatic rings. The zero-order valence-corrected chi connectivity index (χ0v) is 11.8. The Bertz CT molecular complexity index is 254. The average molecular weight is 256 g/mol. The fourth-order valence-electron chi connectivity index (χ4n) is 3.17. The van der Waals surface area contributed by atoms with Crippen molar-refractivity contribution in [2.24, 2.45) is 17.6 Å². The Morgan fingerprint density at radius 3 is 2.56 bits per heavy atom. The highest BCUT2D eigenvalue weighted by Gasteiger charge is 2.36. The van der Waals surface area contributed by atoms with Crippen LogP contribution in [0.1, 0.15) is 46.0 Å². The van der Waals surface area contributed by atoms with E-state index >= 15 is 0 Å². The van der Waals surface area contributed by atoms with Gasteiger partial charge in [-0.2, -0.15) is 0 Å². The summed E-state index contributed by atoms with van der Waals surface area (Å²) in [6.07, 6.45) is 5.03. The summed E-state index contributed by atoms with van der Waals surface area (Å²) in [6.45, 7) is 5.30. The summed E-state index contributed by atoms with van der Waals surface area (Å²) in [7, 11) is 0. The van der Waals surface area contributed by atoms with Crippen molar-refractivity contribution in [1.29, 1.82) is 0 Å². The van der Waals surface area contributed by atoms with Crippen molar-refractivity contribution in [1.82, 2.24) is 4.90 Å². The van der Waals surface area contributed by atoms with Crippen molar-refractivity contribution >= 4 is 5.91 Å². The van der Waals surface area contributed by atoms with E-state index < -0.39 is 0 Å². The summed E-state index contributed by atoms with van der Waals surface area (Å²) in [5.41, 5.74) is 5.76. The highest BCUT2D eigenvalue weighted by atomic mass is 16.3. The summed E-state index contributed by atoms with van der Waals surface area (Å²) < 4.78 is 0. The third-order valence-electron chi connectivity index (χ3n) is 4.29. The maximum atomic E-state index is 12.6. The molecule has 0 aromatic rings. The molecular formula is C14H28N2O2. The second kappa shape index (κ2) is 7.74. The molecule has 1 fully saturated rings. The lowest BCUT2D eigenvalue weighted by molar-refractivity contribution is -0.139. The maximum absolute atomic E-state index is 12.6. The summed E-state index contributed by atoms with van der Waals surface area (Å²) in [4.78, 5) is 14.5. The Kier molecular flexibility index (Phi) is 6.65. The highest BCUT2D eigenvalue weighted by Crippen LogP contribution is 2.33. The summed E-state index contributed by atoms with van der Waals surface area (Å²) in [5.74, 6) is 0.640. The van der Waals surface area contributed by atoms with E-state index in [0.29, 0.717) is 19.0 Å². The van der Waals surface area contributed by atoms with Crippen LogP contribution in [0.5, 0.6) is 0 Å². The van der Waals surface area contributed by atoms with Crippen molar-refractivity contribution in [3.05, 3.63) is 0 Å². The van der Waals surface area contributed by atoms with Crippen molar-refractivity contribution < 1.29 is 9.90 Å². The minimum atomic E-state index is 0.0439. The lowest BCUT2D eigenvalue weighted by Gasteiger charge is -2.33. The first-order valence-electron chi connectivity index (χ1n) is 7.30. The minimum absolute atomic E-state index is 0.0439. The van der Waals surface area contributed by atoms with Crippen LogP contribution < -0.4 is 5.73 Å². The number of aliphatic hydroxyl groups is 1. The van der Waals surface area contributed by atoms with Gasteiger partial charge in [0.1, 0.15) is 0 Å². The Morgan fingerprint density at radius 2 is 2.06 bits per heavy atom. The summed E-state index contributed by atoms with van der Waals surface area (Å²) >= 11 is 0. The molecule has 0 aromatic carbocycles. The molecule has 0 heterocycles. The van der Waals surface area contributed by atoms with E-state index in [2.05, 4.69) is 13.8 Å². The van der Waals surface area contributed by atoms with Crippen LogP contribution >= 0.6 is 0 Å². The number of nitrogens with zero attached hydrogens (tertiary/aromatic N) is 1. The van der Waals surface area contributed by atoms with Gasteiger partial charge in [0.15, 0.2) is 0 Å². The second-order valence-electron chi connectivity index (χ2n) is 5.26. The number of carbonyl (C=O) groups excluding carboxylic acids is 1. The maximum Gasteiger partial charge on any atom is 0.226 e. The topological polar surface area (TPSA) is 66.6 Å². The van der Waals surface area contributed by atoms with Crippen molar-refractivity contribution in [3.8, 4) is 0 Å². The molecule has 0 bridgehead atoms. The number of hydrogen-bond acceptors (Lipinski definition) is 3. The molecule has 1 amide bonds. The number of hydrogen-bond donors (Lipinski definition) is 2. The average Bonchev–Trinajstić information content (AvgIpc) is 2.86. The van der Waals surface area contributed by atoms with Gasteiger partial charge in [0, 0.05) is 18.5 Å². The SMILES string of the molecule is CCC(CC)N(CCO)C(=O)C1CCCC1CN. The van der Waals surface area contributed by atoms with Gasteiger partial charge in [-0.25, -0.2) is 0 Å². The first-order valence-corrected chi connectivity index (χ1v) is 7.30. The molecule has 1 aliphatic carbocycles. The first-order chi connectivity index (χ1) is 8.69. The predicted octanol–water partition coefficient (Wildman–Crippen LogP) is 1.37. The molecule has 2 atom stereocenters. The van der Waals surface area contributed by atoms with Crippen LogP contribution in [0.15, 0.2) is 0 Å². The molecule has 106 valence electrons. The number of amides is 1. The number of aliphatic hydroxyl groups excluding tert-OH is 1. The van der Waals surface area contributed by atoms with Crippen LogP contribution in [0.3, 0.4) is 0 Å². The molecule has 2 unspecified atom stereocenters. The largest absolute Gasteiger partial charge is 0.395 e. The van der Waals surface area contributed by atoms with Gasteiger partial charge < -0.3 is 15.7 Å². The zero-order chi connectivity index (χ0) is 13.5. The Hall–Kier alpha value is -0.610. The number of nitrogens with two attached hydrogens (primary N) is 1. The molecule has 4 heteroatoms. The van der Waals surface area contributed by atoms with Gasteiger partial charge in [0.05, 0.1) is 6.61 Å². The van der Waals surface area contributed by atoms with Crippen LogP contribution in [0.25, 0.3) is 0 Å². The second-order valence-corrected chi connectivity index (χ2v) is 5.26. The van der Waals surface area contributed by atoms with Gasteiger partial charge in [0.25, 0.3) is 0 Å². The molecule has 3 N–H and O–H groups in total. The molecule has 0 aliphatic heterocycles. The molecule has 1 saturated carbocycles. The fourth-order valence-corrected chi connectivity index (χ4v) is 3.17. The van der Waals surface area contributed by atoms with Crippen LogP contribution in [0.2, 0.25) is 0 Å². The van der Waals surface area contributed by atoms with Crippen molar-refractivity contribution in [2.75, 3.05) is 19.7 Å². The Balaban J connectivity index is 2.74. The normalized spacial score (nSPS) is 23.6. The van der Waals surface area contributed by atoms with Crippen molar-refractivity contribution in [3.63, 3.8) is 0 Å². The molecule has 0 radical (unpaired) electrons. The zero-order valence-electron chi connectivity index (χ0n) is 11.8. The van der Waals surface area contributed by atoms with Gasteiger partial charge >= 0.3 is 0 Å². The highest BCUT2D eigenvalue weighted by molar-refractivity contribution is 5.79. The third-order valence-corrected chi connectivity index (χ3v) is 4.29. The van der Waals surface area contributed by atoms with Gasteiger partial charge in [-0.05, 0) is 38.1 Å². The van der Waals surface area contributed by atoms with Crippen LogP contribution in [0, 0.1) is 11.8 Å². The molecule has 1 rings (SSSR count). The molecular weight excluding hydrogens is 228 g/mol. The quantitative estimate of drug-likeness (QED) is 0.723. The Labute approximate surface area is 111 Å². The molecule has 0 aromatic heterocycles. The Morgan fingerprint density at radius 1 is 1.39 bits per heavy atom. The lowest BCUT2D eigenvalue weighted by Crippen LogP contribution is -2.46. The van der Waals surface area contributed by atoms with Gasteiger partial charge in [-0.15, -0.1) is 0 Å². The van der Waals surface area contributed by atoms with E-state index in [1.165, 1.54) is 0 Å². The van der Waals surface area contributed by atoms with Gasteiger partial charge in [-0.3, -0.25) is 4.79 Å². The lowest BCUT2D eigenvalue weighted by atomic mass is 9.93. The minimum Gasteiger partial charge on any atom is -0.395 e. The van der Waals surface area contributed by atoms with Crippen LogP contribution in [-0.2, 0) is 4.79 Å². The first kappa shape index (κ1) is 15.4. The monoisotopic (exact) mass is 256 g/mol. The van der Waals surface area contributed by atoms with E-state index in [-0.39, 0.29) is 24.5 Å². The summed E-state index contributed by atoms with van der Waals surface area (Å²) in [6, 6.07) is 0.253. The smallest absolute Gasteiger partial charge is 0.226 e. The van der Waals surface area contributed by atoms with E-state index in [4.69, 9.17) is 5.73 Å². The third kappa shape index (κ3) is 3.45. The van der Waals surface area contributed by atoms with Crippen LogP contribution in [-0.4, -0.2) is 41.7 Å². The van der Waals surface area contributed by atoms with Crippen LogP contribution in [0.4, 0.5) is 0 Å². The van der Waals surface area contributed by atoms with E-state index in [1.54, 1.807) is 0 Å². The molecule has 0 spiro atoms. The van der Waals surface area contributed by atoms with Gasteiger partial charge in [-0.1, -0.05) is 20.3 Å². The van der Waals surface area contributed by atoms with Gasteiger partial charge in [0.2, 0.25) is 5.91 Å². The van der Waals surface area contributed by atoms with E-state index in [9.17, 15) is 9.90 Å².